The van der Waals surface area contributed by atoms with E-state index < -0.39 is 36.9 Å². The number of aliphatic hydroxyl groups excluding tert-OH is 4. The van der Waals surface area contributed by atoms with Crippen LogP contribution in [0.5, 0.6) is 0 Å². The highest BCUT2D eigenvalue weighted by atomic mass is 16.3. The lowest BCUT2D eigenvalue weighted by atomic mass is 10.00. The van der Waals surface area contributed by atoms with Crippen molar-refractivity contribution in [2.75, 3.05) is 6.61 Å². The quantitative estimate of drug-likeness (QED) is 0.0311. The first-order valence-electron chi connectivity index (χ1n) is 25.1. The molecule has 0 saturated heterocycles. The van der Waals surface area contributed by atoms with Gasteiger partial charge in [-0.05, 0) is 38.5 Å². The van der Waals surface area contributed by atoms with Gasteiger partial charge in [-0.1, -0.05) is 244 Å². The molecular weight excluding hydrogens is 695 g/mol. The molecule has 1 amide bonds. The van der Waals surface area contributed by atoms with E-state index in [4.69, 9.17) is 0 Å². The fourth-order valence-corrected chi connectivity index (χ4v) is 7.99. The molecule has 0 saturated carbocycles. The van der Waals surface area contributed by atoms with E-state index in [0.29, 0.717) is 12.8 Å². The normalized spacial score (nSPS) is 14.0. The van der Waals surface area contributed by atoms with Gasteiger partial charge in [0.15, 0.2) is 0 Å². The molecule has 0 fully saturated rings. The zero-order chi connectivity index (χ0) is 41.0. The van der Waals surface area contributed by atoms with Crippen molar-refractivity contribution in [3.63, 3.8) is 0 Å². The summed E-state index contributed by atoms with van der Waals surface area (Å²) in [6.07, 6.45) is 51.2. The monoisotopic (exact) mass is 794 g/mol. The van der Waals surface area contributed by atoms with Crippen molar-refractivity contribution in [3.05, 3.63) is 12.2 Å². The number of hydrogen-bond donors (Lipinski definition) is 5. The van der Waals surface area contributed by atoms with Gasteiger partial charge in [-0.15, -0.1) is 0 Å². The van der Waals surface area contributed by atoms with E-state index in [1.54, 1.807) is 0 Å². The Hall–Kier alpha value is -0.950. The van der Waals surface area contributed by atoms with Crippen LogP contribution in [0.1, 0.15) is 271 Å². The average molecular weight is 794 g/mol. The number of nitrogens with one attached hydrogen (secondary N) is 1. The maximum atomic E-state index is 12.5. The van der Waals surface area contributed by atoms with Gasteiger partial charge in [0, 0.05) is 0 Å². The van der Waals surface area contributed by atoms with Gasteiger partial charge in [-0.25, -0.2) is 0 Å². The van der Waals surface area contributed by atoms with Gasteiger partial charge in [0.05, 0.1) is 18.8 Å². The Kier molecular flexibility index (Phi) is 44.4. The molecule has 334 valence electrons. The molecule has 4 unspecified atom stereocenters. The van der Waals surface area contributed by atoms with Gasteiger partial charge < -0.3 is 25.7 Å². The van der Waals surface area contributed by atoms with Crippen LogP contribution in [0.25, 0.3) is 0 Å². The molecule has 6 heteroatoms. The summed E-state index contributed by atoms with van der Waals surface area (Å²) in [5.74, 6) is -0.588. The highest BCUT2D eigenvalue weighted by Crippen LogP contribution is 2.17. The molecule has 0 aliphatic carbocycles. The molecule has 6 nitrogen and oxygen atoms in total. The first kappa shape index (κ1) is 55.0. The minimum Gasteiger partial charge on any atom is -0.394 e. The van der Waals surface area contributed by atoms with Gasteiger partial charge >= 0.3 is 0 Å². The average Bonchev–Trinajstić information content (AvgIpc) is 3.20. The Morgan fingerprint density at radius 2 is 0.732 bits per heavy atom. The maximum Gasteiger partial charge on any atom is 0.249 e. The number of amides is 1. The third-order valence-corrected chi connectivity index (χ3v) is 12.0. The van der Waals surface area contributed by atoms with E-state index in [0.717, 1.165) is 38.5 Å². The van der Waals surface area contributed by atoms with Crippen molar-refractivity contribution < 1.29 is 25.2 Å². The second kappa shape index (κ2) is 45.1. The molecule has 0 aromatic heterocycles. The Labute approximate surface area is 349 Å². The zero-order valence-electron chi connectivity index (χ0n) is 37.7. The molecule has 0 aliphatic heterocycles. The first-order chi connectivity index (χ1) is 27.5. The highest BCUT2D eigenvalue weighted by molar-refractivity contribution is 5.80. The Balaban J connectivity index is 3.68. The van der Waals surface area contributed by atoms with Crippen LogP contribution >= 0.6 is 0 Å². The topological polar surface area (TPSA) is 110 Å². The van der Waals surface area contributed by atoms with Crippen molar-refractivity contribution in [3.8, 4) is 0 Å². The van der Waals surface area contributed by atoms with E-state index in [1.165, 1.54) is 205 Å². The summed E-state index contributed by atoms with van der Waals surface area (Å²) >= 11 is 0. The van der Waals surface area contributed by atoms with Crippen LogP contribution < -0.4 is 5.32 Å². The molecular formula is C50H99NO5. The van der Waals surface area contributed by atoms with Crippen LogP contribution in [0, 0.1) is 0 Å². The summed E-state index contributed by atoms with van der Waals surface area (Å²) in [6.45, 7) is 4.07. The summed E-state index contributed by atoms with van der Waals surface area (Å²) in [5.41, 5.74) is 0. The second-order valence-electron chi connectivity index (χ2n) is 17.5. The van der Waals surface area contributed by atoms with E-state index >= 15 is 0 Å². The summed E-state index contributed by atoms with van der Waals surface area (Å²) in [5, 5.41) is 43.8. The molecule has 4 atom stereocenters. The SMILES string of the molecule is CCCCCCCCCCCCCCC/C=C/CCCC(O)C(O)C(CO)NC(=O)C(O)CCCCCCCCCCCCCCCCCCCCCCCC. The summed E-state index contributed by atoms with van der Waals surface area (Å²) < 4.78 is 0. The first-order valence-corrected chi connectivity index (χ1v) is 25.1. The van der Waals surface area contributed by atoms with Gasteiger partial charge in [0.1, 0.15) is 12.2 Å². The number of aliphatic hydroxyl groups is 4. The number of carbonyl (C=O) groups excluding carboxylic acids is 1. The van der Waals surface area contributed by atoms with Crippen LogP contribution in [-0.2, 0) is 4.79 Å². The van der Waals surface area contributed by atoms with Crippen molar-refractivity contribution in [1.29, 1.82) is 0 Å². The van der Waals surface area contributed by atoms with Gasteiger partial charge in [0.2, 0.25) is 5.91 Å². The van der Waals surface area contributed by atoms with Crippen LogP contribution in [0.4, 0.5) is 0 Å². The third kappa shape index (κ3) is 38.6. The second-order valence-corrected chi connectivity index (χ2v) is 17.5. The zero-order valence-corrected chi connectivity index (χ0v) is 37.7. The highest BCUT2D eigenvalue weighted by Gasteiger charge is 2.28. The molecule has 0 aromatic carbocycles. The third-order valence-electron chi connectivity index (χ3n) is 12.0. The Bertz CT molecular complexity index is 806. The lowest BCUT2D eigenvalue weighted by Gasteiger charge is -2.27. The summed E-state index contributed by atoms with van der Waals surface area (Å²) in [7, 11) is 0. The number of rotatable bonds is 46. The summed E-state index contributed by atoms with van der Waals surface area (Å²) in [4.78, 5) is 12.5. The van der Waals surface area contributed by atoms with Crippen LogP contribution in [-0.4, -0.2) is 57.3 Å². The lowest BCUT2D eigenvalue weighted by Crippen LogP contribution is -2.53. The summed E-state index contributed by atoms with van der Waals surface area (Å²) in [6, 6.07) is -0.997. The number of hydrogen-bond acceptors (Lipinski definition) is 5. The van der Waals surface area contributed by atoms with E-state index in [-0.39, 0.29) is 0 Å². The Morgan fingerprint density at radius 1 is 0.429 bits per heavy atom. The molecule has 0 bridgehead atoms. The number of unbranched alkanes of at least 4 members (excludes halogenated alkanes) is 35. The molecule has 5 N–H and O–H groups in total. The molecule has 0 aromatic rings. The van der Waals surface area contributed by atoms with Gasteiger partial charge in [-0.3, -0.25) is 4.79 Å². The van der Waals surface area contributed by atoms with Crippen LogP contribution in [0.2, 0.25) is 0 Å². The number of allylic oxidation sites excluding steroid dienone is 2. The molecule has 0 aliphatic rings. The minimum atomic E-state index is -1.28. The predicted molar refractivity (Wildman–Crippen MR) is 242 cm³/mol. The molecule has 0 spiro atoms. The molecule has 0 heterocycles. The fourth-order valence-electron chi connectivity index (χ4n) is 7.99. The van der Waals surface area contributed by atoms with E-state index in [9.17, 15) is 25.2 Å². The van der Waals surface area contributed by atoms with Crippen molar-refractivity contribution in [2.45, 2.75) is 295 Å². The standard InChI is InChI=1S/C50H99NO5/c1-3-5-7-9-11-13-15-17-19-21-23-24-25-26-28-30-32-34-36-38-40-42-44-48(54)50(56)51-46(45-52)49(55)47(53)43-41-39-37-35-33-31-29-27-22-20-18-16-14-12-10-8-6-4-2/h35,37,46-49,52-55H,3-34,36,38-45H2,1-2H3,(H,51,56)/b37-35+. The molecule has 0 radical (unpaired) electrons. The molecule has 0 rings (SSSR count). The van der Waals surface area contributed by atoms with Crippen LogP contribution in [0.15, 0.2) is 12.2 Å². The smallest absolute Gasteiger partial charge is 0.249 e. The van der Waals surface area contributed by atoms with E-state index in [1.807, 2.05) is 0 Å². The minimum absolute atomic E-state index is 0.368. The molecule has 56 heavy (non-hydrogen) atoms. The fraction of sp³-hybridized carbons (Fsp3) is 0.940. The number of carbonyl (C=O) groups is 1. The van der Waals surface area contributed by atoms with Crippen molar-refractivity contribution in [1.82, 2.24) is 5.32 Å². The largest absolute Gasteiger partial charge is 0.394 e. The maximum absolute atomic E-state index is 12.5. The lowest BCUT2D eigenvalue weighted by molar-refractivity contribution is -0.132. The van der Waals surface area contributed by atoms with Gasteiger partial charge in [0.25, 0.3) is 0 Å². The predicted octanol–water partition coefficient (Wildman–Crippen LogP) is 13.7. The van der Waals surface area contributed by atoms with E-state index in [2.05, 4.69) is 31.3 Å². The Morgan fingerprint density at radius 3 is 1.07 bits per heavy atom. The van der Waals surface area contributed by atoms with Crippen molar-refractivity contribution >= 4 is 5.91 Å². The van der Waals surface area contributed by atoms with Crippen molar-refractivity contribution in [2.24, 2.45) is 0 Å². The van der Waals surface area contributed by atoms with Crippen LogP contribution in [0.3, 0.4) is 0 Å². The van der Waals surface area contributed by atoms with Gasteiger partial charge in [-0.2, -0.15) is 0 Å².